The molecule has 40 heavy (non-hydrogen) atoms. The monoisotopic (exact) mass is 506 g/mol. The number of pyridine rings is 1. The Bertz CT molecular complexity index is 2340. The fourth-order valence-electron chi connectivity index (χ4n) is 6.26. The van der Waals surface area contributed by atoms with Gasteiger partial charge in [-0.15, -0.1) is 0 Å². The van der Waals surface area contributed by atoms with Gasteiger partial charge in [-0.3, -0.25) is 0 Å². The number of fused-ring (bicyclic) bond motifs is 8. The molecule has 0 aliphatic heterocycles. The van der Waals surface area contributed by atoms with Gasteiger partial charge in [0, 0.05) is 21.7 Å². The van der Waals surface area contributed by atoms with Crippen LogP contribution in [0.2, 0.25) is 0 Å². The summed E-state index contributed by atoms with van der Waals surface area (Å²) in [4.78, 5) is 5.18. The molecule has 0 spiro atoms. The van der Waals surface area contributed by atoms with Crippen molar-refractivity contribution in [1.82, 2.24) is 4.98 Å². The van der Waals surface area contributed by atoms with Crippen LogP contribution < -0.4 is 0 Å². The third kappa shape index (κ3) is 3.32. The summed E-state index contributed by atoms with van der Waals surface area (Å²) in [6.45, 7) is 0. The Morgan fingerprint density at radius 2 is 1.18 bits per heavy atom. The highest BCUT2D eigenvalue weighted by Crippen LogP contribution is 2.40. The lowest BCUT2D eigenvalue weighted by molar-refractivity contribution is 1.42. The highest BCUT2D eigenvalue weighted by atomic mass is 14.7. The van der Waals surface area contributed by atoms with Gasteiger partial charge in [-0.2, -0.15) is 5.26 Å². The van der Waals surface area contributed by atoms with Crippen LogP contribution in [-0.4, -0.2) is 4.98 Å². The first-order valence-electron chi connectivity index (χ1n) is 13.5. The van der Waals surface area contributed by atoms with Crippen molar-refractivity contribution in [2.24, 2.45) is 0 Å². The normalized spacial score (nSPS) is 11.5. The van der Waals surface area contributed by atoms with Crippen molar-refractivity contribution in [2.45, 2.75) is 0 Å². The lowest BCUT2D eigenvalue weighted by atomic mass is 9.90. The smallest absolute Gasteiger partial charge is 0.0998 e. The van der Waals surface area contributed by atoms with E-state index in [9.17, 15) is 5.26 Å². The van der Waals surface area contributed by atoms with Crippen molar-refractivity contribution in [3.63, 3.8) is 0 Å². The number of hydrogen-bond acceptors (Lipinski definition) is 2. The van der Waals surface area contributed by atoms with Gasteiger partial charge in [0.05, 0.1) is 22.8 Å². The maximum Gasteiger partial charge on any atom is 0.0998 e. The Morgan fingerprint density at radius 3 is 2.02 bits per heavy atom. The third-order valence-electron chi connectivity index (χ3n) is 8.04. The zero-order valence-corrected chi connectivity index (χ0v) is 21.6. The first-order chi connectivity index (χ1) is 19.8. The molecule has 0 saturated heterocycles. The molecule has 2 heteroatoms. The van der Waals surface area contributed by atoms with Crippen molar-refractivity contribution >= 4 is 54.0 Å². The molecule has 0 atom stereocenters. The molecule has 0 radical (unpaired) electrons. The van der Waals surface area contributed by atoms with Crippen molar-refractivity contribution in [3.8, 4) is 28.5 Å². The molecule has 0 amide bonds. The molecule has 0 unspecified atom stereocenters. The van der Waals surface area contributed by atoms with Crippen molar-refractivity contribution in [3.05, 3.63) is 139 Å². The van der Waals surface area contributed by atoms with Crippen LogP contribution in [0.1, 0.15) is 5.56 Å². The van der Waals surface area contributed by atoms with E-state index in [1.165, 1.54) is 27.1 Å². The standard InChI is InChI=1S/C38H22N2/c39-23-28-13-8-18-35-36(28)37-30-15-4-1-9-24(30)19-20-33(37)38(40-35)27-12-7-11-25(21-27)34-22-26-10-2-3-14-29(26)31-16-5-6-17-32(31)34/h1-22H. The SMILES string of the molecule is N#Cc1cccc2nc(-c3cccc(-c4cc5ccccc5c5ccccc45)c3)c3ccc4ccccc4c3c12. The van der Waals surface area contributed by atoms with Gasteiger partial charge in [-0.1, -0.05) is 109 Å². The zero-order valence-electron chi connectivity index (χ0n) is 21.6. The average Bonchev–Trinajstić information content (AvgIpc) is 3.03. The van der Waals surface area contributed by atoms with E-state index in [-0.39, 0.29) is 0 Å². The molecule has 0 aliphatic carbocycles. The third-order valence-corrected chi connectivity index (χ3v) is 8.04. The lowest BCUT2D eigenvalue weighted by Crippen LogP contribution is -1.93. The van der Waals surface area contributed by atoms with E-state index in [0.717, 1.165) is 49.3 Å². The lowest BCUT2D eigenvalue weighted by Gasteiger charge is -2.15. The van der Waals surface area contributed by atoms with Gasteiger partial charge in [0.2, 0.25) is 0 Å². The summed E-state index contributed by atoms with van der Waals surface area (Å²) in [5.74, 6) is 0. The van der Waals surface area contributed by atoms with Crippen LogP contribution in [0.3, 0.4) is 0 Å². The molecule has 2 nitrogen and oxygen atoms in total. The molecule has 0 N–H and O–H groups in total. The van der Waals surface area contributed by atoms with Gasteiger partial charge in [0.1, 0.15) is 0 Å². The Kier molecular flexibility index (Phi) is 4.92. The Balaban J connectivity index is 1.45. The molecule has 1 heterocycles. The van der Waals surface area contributed by atoms with Gasteiger partial charge in [-0.25, -0.2) is 4.98 Å². The van der Waals surface area contributed by atoms with Gasteiger partial charge >= 0.3 is 0 Å². The molecule has 0 bridgehead atoms. The number of nitrogens with zero attached hydrogens (tertiary/aromatic N) is 2. The fraction of sp³-hybridized carbons (Fsp3) is 0. The number of nitriles is 1. The van der Waals surface area contributed by atoms with Gasteiger partial charge in [0.25, 0.3) is 0 Å². The highest BCUT2D eigenvalue weighted by Gasteiger charge is 2.16. The Morgan fingerprint density at radius 1 is 0.475 bits per heavy atom. The zero-order chi connectivity index (χ0) is 26.6. The Hall–Kier alpha value is -5.52. The second-order valence-electron chi connectivity index (χ2n) is 10.3. The molecule has 0 aliphatic rings. The maximum atomic E-state index is 10.00. The molecular weight excluding hydrogens is 484 g/mol. The summed E-state index contributed by atoms with van der Waals surface area (Å²) in [5.41, 5.74) is 5.82. The molecule has 1 aromatic heterocycles. The van der Waals surface area contributed by atoms with E-state index >= 15 is 0 Å². The van der Waals surface area contributed by atoms with Crippen LogP contribution in [0.5, 0.6) is 0 Å². The topological polar surface area (TPSA) is 36.7 Å². The summed E-state index contributed by atoms with van der Waals surface area (Å²) >= 11 is 0. The van der Waals surface area contributed by atoms with Gasteiger partial charge in [-0.05, 0) is 67.7 Å². The summed E-state index contributed by atoms with van der Waals surface area (Å²) in [6, 6.07) is 49.2. The maximum absolute atomic E-state index is 10.00. The van der Waals surface area contributed by atoms with E-state index in [4.69, 9.17) is 4.98 Å². The molecule has 7 aromatic carbocycles. The summed E-state index contributed by atoms with van der Waals surface area (Å²) in [6.07, 6.45) is 0. The predicted octanol–water partition coefficient (Wildman–Crippen LogP) is 10.1. The van der Waals surface area contributed by atoms with Crippen molar-refractivity contribution < 1.29 is 0 Å². The summed E-state index contributed by atoms with van der Waals surface area (Å²) in [5, 5.41) is 20.3. The molecular formula is C38H22N2. The van der Waals surface area contributed by atoms with Crippen LogP contribution in [0, 0.1) is 11.3 Å². The van der Waals surface area contributed by atoms with E-state index in [1.807, 2.05) is 18.2 Å². The second-order valence-corrected chi connectivity index (χ2v) is 10.3. The number of benzene rings is 7. The summed E-state index contributed by atoms with van der Waals surface area (Å²) in [7, 11) is 0. The number of aromatic nitrogens is 1. The molecule has 8 rings (SSSR count). The second kappa shape index (κ2) is 8.76. The van der Waals surface area contributed by atoms with E-state index in [2.05, 4.69) is 121 Å². The quantitative estimate of drug-likeness (QED) is 0.219. The minimum Gasteiger partial charge on any atom is -0.247 e. The van der Waals surface area contributed by atoms with Crippen LogP contribution in [0.25, 0.3) is 76.4 Å². The number of rotatable bonds is 2. The minimum absolute atomic E-state index is 0.647. The van der Waals surface area contributed by atoms with Gasteiger partial charge in [0.15, 0.2) is 0 Å². The molecule has 0 saturated carbocycles. The minimum atomic E-state index is 0.647. The molecule has 184 valence electrons. The van der Waals surface area contributed by atoms with E-state index in [0.29, 0.717) is 5.56 Å². The van der Waals surface area contributed by atoms with Crippen molar-refractivity contribution in [1.29, 1.82) is 5.26 Å². The van der Waals surface area contributed by atoms with Gasteiger partial charge < -0.3 is 0 Å². The van der Waals surface area contributed by atoms with E-state index < -0.39 is 0 Å². The predicted molar refractivity (Wildman–Crippen MR) is 167 cm³/mol. The first kappa shape index (κ1) is 22.5. The molecule has 8 aromatic rings. The highest BCUT2D eigenvalue weighted by molar-refractivity contribution is 6.23. The van der Waals surface area contributed by atoms with E-state index in [1.54, 1.807) is 0 Å². The summed E-state index contributed by atoms with van der Waals surface area (Å²) < 4.78 is 0. The fourth-order valence-corrected chi connectivity index (χ4v) is 6.26. The average molecular weight is 507 g/mol. The Labute approximate surface area is 231 Å². The van der Waals surface area contributed by atoms with Crippen LogP contribution in [0.15, 0.2) is 133 Å². The van der Waals surface area contributed by atoms with Crippen LogP contribution in [0.4, 0.5) is 0 Å². The van der Waals surface area contributed by atoms with Crippen LogP contribution >= 0.6 is 0 Å². The largest absolute Gasteiger partial charge is 0.247 e. The van der Waals surface area contributed by atoms with Crippen molar-refractivity contribution in [2.75, 3.05) is 0 Å². The number of hydrogen-bond donors (Lipinski definition) is 0. The molecule has 0 fully saturated rings. The van der Waals surface area contributed by atoms with Crippen LogP contribution in [-0.2, 0) is 0 Å². The first-order valence-corrected chi connectivity index (χ1v) is 13.5.